The van der Waals surface area contributed by atoms with E-state index in [2.05, 4.69) is 5.32 Å². The van der Waals surface area contributed by atoms with E-state index in [1.165, 1.54) is 0 Å². The molecule has 0 aliphatic heterocycles. The molecule has 0 aliphatic carbocycles. The first-order valence-electron chi connectivity index (χ1n) is 6.73. The fourth-order valence-electron chi connectivity index (χ4n) is 1.90. The lowest BCUT2D eigenvalue weighted by Gasteiger charge is -2.29. The lowest BCUT2D eigenvalue weighted by molar-refractivity contribution is 0.109. The van der Waals surface area contributed by atoms with Crippen LogP contribution in [0.5, 0.6) is 0 Å². The van der Waals surface area contributed by atoms with Crippen molar-refractivity contribution in [3.8, 4) is 0 Å². The summed E-state index contributed by atoms with van der Waals surface area (Å²) >= 11 is 0. The molecule has 0 bridgehead atoms. The van der Waals surface area contributed by atoms with Gasteiger partial charge in [-0.05, 0) is 32.9 Å². The minimum Gasteiger partial charge on any atom is -0.467 e. The van der Waals surface area contributed by atoms with Gasteiger partial charge in [-0.2, -0.15) is 0 Å². The molecule has 2 amide bonds. The molecule has 2 N–H and O–H groups in total. The van der Waals surface area contributed by atoms with Gasteiger partial charge in [0.2, 0.25) is 0 Å². The van der Waals surface area contributed by atoms with Crippen molar-refractivity contribution in [2.45, 2.75) is 39.0 Å². The molecule has 20 heavy (non-hydrogen) atoms. The number of methoxy groups -OCH3 is 1. The lowest BCUT2D eigenvalue weighted by atomic mass is 10.2. The molecule has 1 aromatic heterocycles. The first-order valence-corrected chi connectivity index (χ1v) is 6.73. The smallest absolute Gasteiger partial charge is 0.318 e. The quantitative estimate of drug-likeness (QED) is 0.800. The maximum atomic E-state index is 12.3. The summed E-state index contributed by atoms with van der Waals surface area (Å²) in [5, 5.41) is 12.3. The number of carbonyl (C=O) groups is 1. The van der Waals surface area contributed by atoms with Gasteiger partial charge in [0.1, 0.15) is 11.8 Å². The molecule has 6 nitrogen and oxygen atoms in total. The van der Waals surface area contributed by atoms with Crippen LogP contribution in [0.15, 0.2) is 22.8 Å². The van der Waals surface area contributed by atoms with Gasteiger partial charge in [-0.1, -0.05) is 0 Å². The van der Waals surface area contributed by atoms with E-state index in [1.807, 2.05) is 13.8 Å². The minimum absolute atomic E-state index is 0.00982. The van der Waals surface area contributed by atoms with E-state index < -0.39 is 6.10 Å². The van der Waals surface area contributed by atoms with Crippen molar-refractivity contribution in [2.75, 3.05) is 20.3 Å². The summed E-state index contributed by atoms with van der Waals surface area (Å²) in [4.78, 5) is 13.9. The summed E-state index contributed by atoms with van der Waals surface area (Å²) in [7, 11) is 1.57. The van der Waals surface area contributed by atoms with Crippen LogP contribution in [0.25, 0.3) is 0 Å². The van der Waals surface area contributed by atoms with E-state index in [-0.39, 0.29) is 24.7 Å². The third kappa shape index (κ3) is 4.86. The number of rotatable bonds is 7. The van der Waals surface area contributed by atoms with E-state index in [0.717, 1.165) is 0 Å². The van der Waals surface area contributed by atoms with E-state index >= 15 is 0 Å². The predicted octanol–water partition coefficient (Wildman–Crippen LogP) is 1.77. The van der Waals surface area contributed by atoms with E-state index in [1.54, 1.807) is 37.3 Å². The zero-order chi connectivity index (χ0) is 15.1. The number of aliphatic hydroxyl groups is 1. The van der Waals surface area contributed by atoms with Crippen molar-refractivity contribution < 1.29 is 19.1 Å². The Morgan fingerprint density at radius 1 is 1.50 bits per heavy atom. The van der Waals surface area contributed by atoms with Crippen molar-refractivity contribution in [2.24, 2.45) is 0 Å². The third-order valence-electron chi connectivity index (χ3n) is 2.86. The topological polar surface area (TPSA) is 74.9 Å². The van der Waals surface area contributed by atoms with E-state index in [9.17, 15) is 9.90 Å². The van der Waals surface area contributed by atoms with Crippen LogP contribution in [0.1, 0.15) is 32.6 Å². The summed E-state index contributed by atoms with van der Waals surface area (Å²) in [6, 6.07) is 2.94. The van der Waals surface area contributed by atoms with Gasteiger partial charge < -0.3 is 24.5 Å². The molecule has 1 aromatic rings. The van der Waals surface area contributed by atoms with Crippen LogP contribution in [0.3, 0.4) is 0 Å². The molecule has 2 unspecified atom stereocenters. The average molecular weight is 284 g/mol. The molecule has 0 aliphatic rings. The van der Waals surface area contributed by atoms with Crippen LogP contribution in [-0.4, -0.2) is 48.4 Å². The predicted molar refractivity (Wildman–Crippen MR) is 75.4 cm³/mol. The molecule has 1 heterocycles. The molecule has 2 atom stereocenters. The summed E-state index contributed by atoms with van der Waals surface area (Å²) in [6.07, 6.45) is 0.979. The Bertz CT molecular complexity index is 390. The normalized spacial score (nSPS) is 14.1. The number of hydrogen-bond donors (Lipinski definition) is 2. The van der Waals surface area contributed by atoms with Crippen molar-refractivity contribution in [3.05, 3.63) is 24.2 Å². The number of nitrogens with zero attached hydrogens (tertiary/aromatic N) is 1. The Labute approximate surface area is 119 Å². The highest BCUT2D eigenvalue weighted by atomic mass is 16.5. The molecule has 0 saturated heterocycles. The second-order valence-electron chi connectivity index (χ2n) is 5.07. The third-order valence-corrected chi connectivity index (χ3v) is 2.86. The Kier molecular flexibility index (Phi) is 6.54. The molecule has 6 heteroatoms. The fourth-order valence-corrected chi connectivity index (χ4v) is 1.90. The molecule has 0 fully saturated rings. The van der Waals surface area contributed by atoms with Crippen LogP contribution >= 0.6 is 0 Å². The van der Waals surface area contributed by atoms with Crippen molar-refractivity contribution in [3.63, 3.8) is 0 Å². The molecule has 0 aromatic carbocycles. The Morgan fingerprint density at radius 2 is 2.20 bits per heavy atom. The highest BCUT2D eigenvalue weighted by Crippen LogP contribution is 2.15. The van der Waals surface area contributed by atoms with Crippen LogP contribution in [0, 0.1) is 0 Å². The van der Waals surface area contributed by atoms with Crippen LogP contribution in [0.2, 0.25) is 0 Å². The van der Waals surface area contributed by atoms with E-state index in [0.29, 0.717) is 12.4 Å². The highest BCUT2D eigenvalue weighted by molar-refractivity contribution is 5.75. The second-order valence-corrected chi connectivity index (χ2v) is 5.07. The van der Waals surface area contributed by atoms with Gasteiger partial charge >= 0.3 is 6.03 Å². The van der Waals surface area contributed by atoms with Gasteiger partial charge in [-0.25, -0.2) is 4.79 Å². The lowest BCUT2D eigenvalue weighted by Crippen LogP contribution is -2.48. The van der Waals surface area contributed by atoms with Crippen molar-refractivity contribution >= 4 is 6.03 Å². The highest BCUT2D eigenvalue weighted by Gasteiger charge is 2.23. The largest absolute Gasteiger partial charge is 0.467 e. The Hall–Kier alpha value is -1.53. The van der Waals surface area contributed by atoms with Crippen molar-refractivity contribution in [1.29, 1.82) is 0 Å². The Morgan fingerprint density at radius 3 is 2.65 bits per heavy atom. The molecular weight excluding hydrogens is 260 g/mol. The molecule has 114 valence electrons. The fraction of sp³-hybridized carbons (Fsp3) is 0.643. The number of ether oxygens (including phenoxy) is 1. The Balaban J connectivity index is 2.73. The maximum Gasteiger partial charge on any atom is 0.318 e. The minimum atomic E-state index is -0.576. The number of furan rings is 1. The standard InChI is InChI=1S/C14H24N2O4/c1-10(2)16(8-11(3)17)14(18)15-12(9-19-4)13-6-5-7-20-13/h5-7,10-12,17H,8-9H2,1-4H3,(H,15,18). The monoisotopic (exact) mass is 284 g/mol. The number of nitrogens with one attached hydrogen (secondary N) is 1. The summed E-state index contributed by atoms with van der Waals surface area (Å²) in [5.41, 5.74) is 0. The van der Waals surface area contributed by atoms with Crippen LogP contribution in [-0.2, 0) is 4.74 Å². The molecule has 1 rings (SSSR count). The zero-order valence-corrected chi connectivity index (χ0v) is 12.5. The van der Waals surface area contributed by atoms with E-state index in [4.69, 9.17) is 9.15 Å². The van der Waals surface area contributed by atoms with Gasteiger partial charge in [0.15, 0.2) is 0 Å². The first-order chi connectivity index (χ1) is 9.45. The summed E-state index contributed by atoms with van der Waals surface area (Å²) in [5.74, 6) is 0.640. The first kappa shape index (κ1) is 16.5. The maximum absolute atomic E-state index is 12.3. The second kappa shape index (κ2) is 7.91. The number of carbonyl (C=O) groups excluding carboxylic acids is 1. The SMILES string of the molecule is COCC(NC(=O)N(CC(C)O)C(C)C)c1ccco1. The summed E-state index contributed by atoms with van der Waals surface area (Å²) in [6.45, 7) is 6.06. The van der Waals surface area contributed by atoms with Gasteiger partial charge in [0, 0.05) is 19.7 Å². The molecule has 0 radical (unpaired) electrons. The molecular formula is C14H24N2O4. The van der Waals surface area contributed by atoms with Crippen LogP contribution in [0.4, 0.5) is 4.79 Å². The zero-order valence-electron chi connectivity index (χ0n) is 12.5. The number of aliphatic hydroxyl groups excluding tert-OH is 1. The molecule has 0 saturated carbocycles. The van der Waals surface area contributed by atoms with Gasteiger partial charge in [-0.15, -0.1) is 0 Å². The average Bonchev–Trinajstić information content (AvgIpc) is 2.88. The van der Waals surface area contributed by atoms with Crippen LogP contribution < -0.4 is 5.32 Å². The van der Waals surface area contributed by atoms with Gasteiger partial charge in [-0.3, -0.25) is 0 Å². The van der Waals surface area contributed by atoms with Gasteiger partial charge in [0.05, 0.1) is 19.0 Å². The summed E-state index contributed by atoms with van der Waals surface area (Å²) < 4.78 is 10.4. The van der Waals surface area contributed by atoms with Gasteiger partial charge in [0.25, 0.3) is 0 Å². The van der Waals surface area contributed by atoms with Crippen molar-refractivity contribution in [1.82, 2.24) is 10.2 Å². The number of urea groups is 1. The molecule has 0 spiro atoms. The number of hydrogen-bond acceptors (Lipinski definition) is 4. The number of amides is 2.